The summed E-state index contributed by atoms with van der Waals surface area (Å²) < 4.78 is 78.3. The number of rotatable bonds is 6. The summed E-state index contributed by atoms with van der Waals surface area (Å²) >= 11 is 0. The lowest BCUT2D eigenvalue weighted by atomic mass is 10.1. The van der Waals surface area contributed by atoms with Crippen LogP contribution in [0, 0.1) is 0 Å². The molecule has 1 N–H and O–H groups in total. The maximum atomic E-state index is 13.0. The van der Waals surface area contributed by atoms with Crippen molar-refractivity contribution in [2.75, 3.05) is 6.54 Å². The van der Waals surface area contributed by atoms with Crippen LogP contribution in [0.15, 0.2) is 58.1 Å². The van der Waals surface area contributed by atoms with Gasteiger partial charge in [0.15, 0.2) is 0 Å². The van der Waals surface area contributed by atoms with Crippen LogP contribution < -0.4 is 16.6 Å². The van der Waals surface area contributed by atoms with Crippen LogP contribution in [-0.2, 0) is 18.9 Å². The molecule has 0 atom stereocenters. The first-order valence-corrected chi connectivity index (χ1v) is 10.2. The molecular formula is C22H18F6N4O3. The number of alkyl halides is 6. The molecule has 0 radical (unpaired) electrons. The van der Waals surface area contributed by atoms with Crippen molar-refractivity contribution in [3.05, 3.63) is 91.8 Å². The van der Waals surface area contributed by atoms with Crippen LogP contribution in [0.2, 0.25) is 0 Å². The van der Waals surface area contributed by atoms with Crippen molar-refractivity contribution in [1.29, 1.82) is 0 Å². The van der Waals surface area contributed by atoms with Gasteiger partial charge in [-0.1, -0.05) is 19.1 Å². The van der Waals surface area contributed by atoms with Crippen molar-refractivity contribution in [3.63, 3.8) is 0 Å². The molecule has 3 aromatic rings. The molecular weight excluding hydrogens is 482 g/mol. The molecule has 0 bridgehead atoms. The SMILES string of the molecule is CCCNC(=O)c1nn(-c2ccc(C(F)(F)F)cc2)c(=O)n(Cc2ccc(C(F)(F)F)cc2)c1=O. The Hall–Kier alpha value is -3.90. The van der Waals surface area contributed by atoms with Gasteiger partial charge in [0.05, 0.1) is 23.4 Å². The first-order valence-electron chi connectivity index (χ1n) is 10.2. The number of carbonyl (C=O) groups excluding carboxylic acids is 1. The molecule has 3 rings (SSSR count). The smallest absolute Gasteiger partial charge is 0.350 e. The van der Waals surface area contributed by atoms with Crippen LogP contribution in [-0.4, -0.2) is 26.8 Å². The Balaban J connectivity index is 2.13. The Labute approximate surface area is 193 Å². The number of benzene rings is 2. The first kappa shape index (κ1) is 25.7. The summed E-state index contributed by atoms with van der Waals surface area (Å²) in [7, 11) is 0. The third-order valence-corrected chi connectivity index (χ3v) is 4.87. The highest BCUT2D eigenvalue weighted by molar-refractivity contribution is 5.91. The Morgan fingerprint density at radius 1 is 0.886 bits per heavy atom. The largest absolute Gasteiger partial charge is 0.416 e. The molecule has 2 aromatic carbocycles. The van der Waals surface area contributed by atoms with E-state index in [1.54, 1.807) is 6.92 Å². The molecule has 35 heavy (non-hydrogen) atoms. The molecule has 0 aliphatic rings. The lowest BCUT2D eigenvalue weighted by Crippen LogP contribution is -2.46. The van der Waals surface area contributed by atoms with Crippen molar-refractivity contribution >= 4 is 5.91 Å². The Bertz CT molecular complexity index is 1320. The van der Waals surface area contributed by atoms with E-state index >= 15 is 0 Å². The molecule has 186 valence electrons. The summed E-state index contributed by atoms with van der Waals surface area (Å²) in [6, 6.07) is 6.95. The van der Waals surface area contributed by atoms with Crippen LogP contribution in [0.25, 0.3) is 5.69 Å². The minimum absolute atomic E-state index is 0.141. The quantitative estimate of drug-likeness (QED) is 0.524. The number of nitrogens with one attached hydrogen (secondary N) is 1. The predicted molar refractivity (Wildman–Crippen MR) is 112 cm³/mol. The number of nitrogens with zero attached hydrogens (tertiary/aromatic N) is 3. The molecule has 0 aliphatic carbocycles. The highest BCUT2D eigenvalue weighted by atomic mass is 19.4. The summed E-state index contributed by atoms with van der Waals surface area (Å²) in [6.07, 6.45) is -8.71. The lowest BCUT2D eigenvalue weighted by molar-refractivity contribution is -0.138. The zero-order chi connectivity index (χ0) is 26.0. The molecule has 1 heterocycles. The van der Waals surface area contributed by atoms with Crippen molar-refractivity contribution in [1.82, 2.24) is 19.7 Å². The van der Waals surface area contributed by atoms with Crippen LogP contribution in [0.3, 0.4) is 0 Å². The maximum Gasteiger partial charge on any atom is 0.416 e. The van der Waals surface area contributed by atoms with Gasteiger partial charge >= 0.3 is 18.0 Å². The van der Waals surface area contributed by atoms with Crippen LogP contribution in [0.5, 0.6) is 0 Å². The van der Waals surface area contributed by atoms with Gasteiger partial charge in [0.25, 0.3) is 11.5 Å². The van der Waals surface area contributed by atoms with Gasteiger partial charge in [-0.3, -0.25) is 14.2 Å². The van der Waals surface area contributed by atoms with Gasteiger partial charge < -0.3 is 5.32 Å². The van der Waals surface area contributed by atoms with Gasteiger partial charge in [0, 0.05) is 6.54 Å². The molecule has 0 saturated carbocycles. The van der Waals surface area contributed by atoms with Gasteiger partial charge in [0.2, 0.25) is 5.69 Å². The standard InChI is InChI=1S/C22H18F6N4O3/c1-2-11-29-18(33)17-19(34)31(12-13-3-5-14(6-4-13)21(23,24)25)20(35)32(30-17)16-9-7-15(8-10-16)22(26,27)28/h3-10H,2,11-12H2,1H3,(H,29,33). The van der Waals surface area contributed by atoms with Crippen LogP contribution >= 0.6 is 0 Å². The summed E-state index contributed by atoms with van der Waals surface area (Å²) in [5, 5.41) is 6.19. The number of carbonyl (C=O) groups is 1. The topological polar surface area (TPSA) is 86.0 Å². The van der Waals surface area contributed by atoms with E-state index in [1.807, 2.05) is 0 Å². The summed E-state index contributed by atoms with van der Waals surface area (Å²) in [4.78, 5) is 38.4. The van der Waals surface area contributed by atoms with E-state index in [0.717, 1.165) is 36.4 Å². The zero-order valence-electron chi connectivity index (χ0n) is 18.1. The number of hydrogen-bond donors (Lipinski definition) is 1. The predicted octanol–water partition coefficient (Wildman–Crippen LogP) is 3.62. The van der Waals surface area contributed by atoms with E-state index in [4.69, 9.17) is 0 Å². The second-order valence-electron chi connectivity index (χ2n) is 7.43. The van der Waals surface area contributed by atoms with E-state index < -0.39 is 52.9 Å². The van der Waals surface area contributed by atoms with Gasteiger partial charge in [0.1, 0.15) is 0 Å². The van der Waals surface area contributed by atoms with E-state index in [2.05, 4.69) is 10.4 Å². The van der Waals surface area contributed by atoms with E-state index in [0.29, 0.717) is 27.8 Å². The second kappa shape index (κ2) is 9.76. The van der Waals surface area contributed by atoms with Gasteiger partial charge in [-0.2, -0.15) is 36.1 Å². The minimum Gasteiger partial charge on any atom is -0.350 e. The summed E-state index contributed by atoms with van der Waals surface area (Å²) in [5.74, 6) is -0.918. The van der Waals surface area contributed by atoms with Crippen LogP contribution in [0.1, 0.15) is 40.5 Å². The molecule has 0 fully saturated rings. The fraction of sp³-hybridized carbons (Fsp3) is 0.273. The molecule has 13 heteroatoms. The molecule has 0 saturated heterocycles. The number of amides is 1. The normalized spacial score (nSPS) is 12.0. The number of aromatic nitrogens is 3. The van der Waals surface area contributed by atoms with Crippen molar-refractivity contribution in [2.24, 2.45) is 0 Å². The van der Waals surface area contributed by atoms with E-state index in [9.17, 15) is 40.7 Å². The number of halogens is 6. The third-order valence-electron chi connectivity index (χ3n) is 4.87. The monoisotopic (exact) mass is 500 g/mol. The minimum atomic E-state index is -4.64. The van der Waals surface area contributed by atoms with Crippen LogP contribution in [0.4, 0.5) is 26.3 Å². The zero-order valence-corrected chi connectivity index (χ0v) is 18.1. The van der Waals surface area contributed by atoms with Crippen molar-refractivity contribution in [3.8, 4) is 5.69 Å². The molecule has 7 nitrogen and oxygen atoms in total. The average Bonchev–Trinajstić information content (AvgIpc) is 2.79. The van der Waals surface area contributed by atoms with Crippen molar-refractivity contribution < 1.29 is 31.1 Å². The second-order valence-corrected chi connectivity index (χ2v) is 7.43. The maximum absolute atomic E-state index is 13.0. The first-order chi connectivity index (χ1) is 16.3. The summed E-state index contributed by atoms with van der Waals surface area (Å²) in [5.41, 5.74) is -4.85. The average molecular weight is 500 g/mol. The van der Waals surface area contributed by atoms with Gasteiger partial charge in [-0.25, -0.2) is 4.79 Å². The Morgan fingerprint density at radius 3 is 1.89 bits per heavy atom. The summed E-state index contributed by atoms with van der Waals surface area (Å²) in [6.45, 7) is 1.42. The van der Waals surface area contributed by atoms with Gasteiger partial charge in [-0.05, 0) is 48.4 Å². The fourth-order valence-corrected chi connectivity index (χ4v) is 3.06. The highest BCUT2D eigenvalue weighted by Gasteiger charge is 2.31. The lowest BCUT2D eigenvalue weighted by Gasteiger charge is -2.13. The number of hydrogen-bond acceptors (Lipinski definition) is 4. The fourth-order valence-electron chi connectivity index (χ4n) is 3.06. The third kappa shape index (κ3) is 5.78. The van der Waals surface area contributed by atoms with E-state index in [1.165, 1.54) is 0 Å². The molecule has 1 aromatic heterocycles. The molecule has 0 unspecified atom stereocenters. The highest BCUT2D eigenvalue weighted by Crippen LogP contribution is 2.30. The Kier molecular flexibility index (Phi) is 7.17. The Morgan fingerprint density at radius 2 is 1.40 bits per heavy atom. The molecule has 0 aliphatic heterocycles. The van der Waals surface area contributed by atoms with E-state index in [-0.39, 0.29) is 17.8 Å². The van der Waals surface area contributed by atoms with Gasteiger partial charge in [-0.15, -0.1) is 0 Å². The van der Waals surface area contributed by atoms with Crippen molar-refractivity contribution in [2.45, 2.75) is 32.2 Å². The molecule has 1 amide bonds. The molecule has 0 spiro atoms.